The van der Waals surface area contributed by atoms with Gasteiger partial charge in [0.2, 0.25) is 0 Å². The number of hydrogen-bond donors (Lipinski definition) is 3. The van der Waals surface area contributed by atoms with Crippen LogP contribution in [0.4, 0.5) is 4.79 Å². The molecule has 2 atom stereocenters. The average Bonchev–Trinajstić information content (AvgIpc) is 3.05. The van der Waals surface area contributed by atoms with Crippen LogP contribution in [0.1, 0.15) is 45.4 Å². The van der Waals surface area contributed by atoms with E-state index in [0.29, 0.717) is 13.1 Å². The predicted octanol–water partition coefficient (Wildman–Crippen LogP) is 1.69. The van der Waals surface area contributed by atoms with Gasteiger partial charge in [0.1, 0.15) is 0 Å². The van der Waals surface area contributed by atoms with Crippen LogP contribution in [0.5, 0.6) is 0 Å². The lowest BCUT2D eigenvalue weighted by Crippen LogP contribution is -2.64. The van der Waals surface area contributed by atoms with E-state index in [1.165, 1.54) is 19.3 Å². The second-order valence-electron chi connectivity index (χ2n) is 9.62. The first-order valence-electron chi connectivity index (χ1n) is 10.5. The van der Waals surface area contributed by atoms with Crippen LogP contribution in [-0.2, 0) is 4.79 Å². The van der Waals surface area contributed by atoms with E-state index in [-0.39, 0.29) is 29.4 Å². The number of carbonyl (C=O) groups excluding carboxylic acids is 2. The Morgan fingerprint density at radius 1 is 1.11 bits per heavy atom. The van der Waals surface area contributed by atoms with Gasteiger partial charge in [-0.25, -0.2) is 10.3 Å². The van der Waals surface area contributed by atoms with Crippen LogP contribution in [0.25, 0.3) is 0 Å². The molecule has 2 unspecified atom stereocenters. The highest BCUT2D eigenvalue weighted by atomic mass is 16.5. The number of rotatable bonds is 2. The van der Waals surface area contributed by atoms with Crippen molar-refractivity contribution in [2.45, 2.75) is 57.0 Å². The van der Waals surface area contributed by atoms with E-state index in [4.69, 9.17) is 5.21 Å². The van der Waals surface area contributed by atoms with Crippen molar-refractivity contribution in [3.8, 4) is 0 Å². The van der Waals surface area contributed by atoms with Gasteiger partial charge in [0.15, 0.2) is 0 Å². The number of nitrogens with zero attached hydrogens (tertiary/aromatic N) is 2. The maximum absolute atomic E-state index is 13.2. The largest absolute Gasteiger partial charge is 0.370 e. The van der Waals surface area contributed by atoms with Gasteiger partial charge in [0.25, 0.3) is 5.91 Å². The van der Waals surface area contributed by atoms with Crippen LogP contribution in [0.2, 0.25) is 0 Å². The molecule has 2 aliphatic heterocycles. The maximum atomic E-state index is 13.2. The zero-order valence-electron chi connectivity index (χ0n) is 16.0. The summed E-state index contributed by atoms with van der Waals surface area (Å²) in [6.45, 7) is 4.02. The lowest BCUT2D eigenvalue weighted by atomic mass is 9.53. The van der Waals surface area contributed by atoms with E-state index in [9.17, 15) is 9.59 Å². The van der Waals surface area contributed by atoms with Crippen LogP contribution >= 0.6 is 0 Å². The first-order chi connectivity index (χ1) is 13.0. The molecule has 3 N–H and O–H groups in total. The van der Waals surface area contributed by atoms with E-state index >= 15 is 0 Å². The minimum absolute atomic E-state index is 0.0199. The summed E-state index contributed by atoms with van der Waals surface area (Å²) < 4.78 is 0. The summed E-state index contributed by atoms with van der Waals surface area (Å²) in [7, 11) is 0. The molecular formula is C20H30N4O3. The van der Waals surface area contributed by atoms with E-state index in [1.54, 1.807) is 5.48 Å². The third-order valence-corrected chi connectivity index (χ3v) is 7.78. The molecule has 7 heteroatoms. The number of fused-ring (bicyclic) bond motifs is 1. The monoisotopic (exact) mass is 374 g/mol. The fourth-order valence-corrected chi connectivity index (χ4v) is 6.99. The van der Waals surface area contributed by atoms with Crippen molar-refractivity contribution in [2.75, 3.05) is 19.6 Å². The number of hydrogen-bond acceptors (Lipinski definition) is 4. The highest BCUT2D eigenvalue weighted by Gasteiger charge is 2.52. The highest BCUT2D eigenvalue weighted by Crippen LogP contribution is 2.55. The van der Waals surface area contributed by atoms with E-state index in [0.717, 1.165) is 49.3 Å². The smallest absolute Gasteiger partial charge is 0.318 e. The Kier molecular flexibility index (Phi) is 3.93. The maximum Gasteiger partial charge on any atom is 0.318 e. The van der Waals surface area contributed by atoms with Gasteiger partial charge in [-0.05, 0) is 69.3 Å². The Balaban J connectivity index is 1.29. The fraction of sp³-hybridized carbons (Fsp3) is 0.800. The Labute approximate surface area is 160 Å². The topological polar surface area (TPSA) is 84.9 Å². The molecule has 0 radical (unpaired) electrons. The summed E-state index contributed by atoms with van der Waals surface area (Å²) in [4.78, 5) is 29.1. The van der Waals surface area contributed by atoms with Gasteiger partial charge in [0, 0.05) is 30.9 Å². The van der Waals surface area contributed by atoms with Gasteiger partial charge in [-0.1, -0.05) is 0 Å². The number of piperazine rings is 1. The summed E-state index contributed by atoms with van der Waals surface area (Å²) in [5.41, 5.74) is 2.79. The molecule has 0 aromatic heterocycles. The quantitative estimate of drug-likeness (QED) is 0.507. The SMILES string of the molecule is CC1C2=CC(C(=O)NO)CN2CCN1C(=O)NC12CC3CC(CC(C3)C1)C2. The number of urea groups is 1. The number of carbonyl (C=O) groups is 2. The van der Waals surface area contributed by atoms with Gasteiger partial charge in [-0.3, -0.25) is 10.0 Å². The Hall–Kier alpha value is -1.76. The Morgan fingerprint density at radius 3 is 2.33 bits per heavy atom. The zero-order valence-corrected chi connectivity index (χ0v) is 16.0. The first kappa shape index (κ1) is 17.3. The average molecular weight is 374 g/mol. The standard InChI is InChI=1S/C20H30N4O3/c1-12-17-7-16(18(25)22-27)11-23(17)2-3-24(12)19(26)21-20-8-13-4-14(9-20)6-15(5-13)10-20/h7,12-16,27H,2-6,8-11H2,1H3,(H,21,26)(H,22,25). The van der Waals surface area contributed by atoms with Crippen LogP contribution in [0.15, 0.2) is 11.8 Å². The lowest BCUT2D eigenvalue weighted by Gasteiger charge is -2.57. The lowest BCUT2D eigenvalue weighted by molar-refractivity contribution is -0.131. The molecule has 4 aliphatic carbocycles. The van der Waals surface area contributed by atoms with Crippen molar-refractivity contribution in [3.05, 3.63) is 11.8 Å². The molecule has 7 nitrogen and oxygen atoms in total. The van der Waals surface area contributed by atoms with Crippen molar-refractivity contribution in [3.63, 3.8) is 0 Å². The normalized spacial score (nSPS) is 42.0. The molecule has 4 bridgehead atoms. The Morgan fingerprint density at radius 2 is 1.74 bits per heavy atom. The van der Waals surface area contributed by atoms with Crippen molar-refractivity contribution in [2.24, 2.45) is 23.7 Å². The summed E-state index contributed by atoms with van der Waals surface area (Å²) in [6, 6.07) is 0.00390. The molecule has 0 spiro atoms. The van der Waals surface area contributed by atoms with Crippen molar-refractivity contribution in [1.82, 2.24) is 20.6 Å². The van der Waals surface area contributed by atoms with Crippen LogP contribution in [0.3, 0.4) is 0 Å². The zero-order chi connectivity index (χ0) is 18.8. The molecule has 148 valence electrons. The van der Waals surface area contributed by atoms with Crippen molar-refractivity contribution >= 4 is 11.9 Å². The molecule has 6 aliphatic rings. The van der Waals surface area contributed by atoms with E-state index < -0.39 is 0 Å². The van der Waals surface area contributed by atoms with Gasteiger partial charge in [-0.15, -0.1) is 0 Å². The van der Waals surface area contributed by atoms with Gasteiger partial charge in [-0.2, -0.15) is 0 Å². The van der Waals surface area contributed by atoms with Gasteiger partial charge < -0.3 is 15.1 Å². The molecule has 2 heterocycles. The van der Waals surface area contributed by atoms with E-state index in [2.05, 4.69) is 10.2 Å². The minimum atomic E-state index is -0.381. The molecule has 5 fully saturated rings. The minimum Gasteiger partial charge on any atom is -0.370 e. The highest BCUT2D eigenvalue weighted by molar-refractivity contribution is 5.81. The van der Waals surface area contributed by atoms with Crippen molar-refractivity contribution in [1.29, 1.82) is 0 Å². The second-order valence-corrected chi connectivity index (χ2v) is 9.62. The number of nitrogens with one attached hydrogen (secondary N) is 2. The van der Waals surface area contributed by atoms with E-state index in [1.807, 2.05) is 17.9 Å². The van der Waals surface area contributed by atoms with Gasteiger partial charge in [0.05, 0.1) is 12.0 Å². The number of hydroxylamine groups is 1. The summed E-state index contributed by atoms with van der Waals surface area (Å²) >= 11 is 0. The van der Waals surface area contributed by atoms with Crippen LogP contribution < -0.4 is 10.8 Å². The second kappa shape index (κ2) is 6.12. The fourth-order valence-electron chi connectivity index (χ4n) is 6.99. The molecule has 1 saturated heterocycles. The molecule has 6 rings (SSSR count). The van der Waals surface area contributed by atoms with Crippen LogP contribution in [-0.4, -0.2) is 58.2 Å². The molecule has 0 aromatic carbocycles. The molecule has 3 amide bonds. The van der Waals surface area contributed by atoms with Gasteiger partial charge >= 0.3 is 6.03 Å². The number of amides is 3. The van der Waals surface area contributed by atoms with Crippen molar-refractivity contribution < 1.29 is 14.8 Å². The summed E-state index contributed by atoms with van der Waals surface area (Å²) in [5.74, 6) is 1.69. The third-order valence-electron chi connectivity index (χ3n) is 7.78. The third kappa shape index (κ3) is 2.82. The Bertz CT molecular complexity index is 655. The molecular weight excluding hydrogens is 344 g/mol. The predicted molar refractivity (Wildman–Crippen MR) is 98.7 cm³/mol. The summed E-state index contributed by atoms with van der Waals surface area (Å²) in [6.07, 6.45) is 9.46. The first-order valence-corrected chi connectivity index (χ1v) is 10.5. The summed E-state index contributed by atoms with van der Waals surface area (Å²) in [5, 5.41) is 12.4. The molecule has 0 aromatic rings. The molecule has 27 heavy (non-hydrogen) atoms. The van der Waals surface area contributed by atoms with Crippen LogP contribution in [0, 0.1) is 23.7 Å². The molecule has 4 saturated carbocycles.